The Balaban J connectivity index is 0.000000234. The molecule has 2 saturated heterocycles. The van der Waals surface area contributed by atoms with Crippen LogP contribution in [0.4, 0.5) is 0 Å². The van der Waals surface area contributed by atoms with Crippen LogP contribution >= 0.6 is 6.89 Å². The summed E-state index contributed by atoms with van der Waals surface area (Å²) in [4.78, 5) is 71.1. The van der Waals surface area contributed by atoms with Crippen molar-refractivity contribution < 1.29 is 43.0 Å². The monoisotopic (exact) mass is 1000 g/mol. The van der Waals surface area contributed by atoms with E-state index < -0.39 is 51.1 Å². The van der Waals surface area contributed by atoms with Gasteiger partial charge in [0.05, 0.1) is 36.1 Å². The van der Waals surface area contributed by atoms with E-state index in [1.165, 1.54) is 17.1 Å². The number of Topliss-reactive ketones (excluding diaryl/α,β-unsaturated/α-hetero) is 1. The Kier molecular flexibility index (Phi) is 16.8. The van der Waals surface area contributed by atoms with E-state index in [2.05, 4.69) is 32.8 Å². The number of hydrogen-bond donors (Lipinski definition) is 1. The van der Waals surface area contributed by atoms with Gasteiger partial charge >= 0.3 is 11.9 Å². The Morgan fingerprint density at radius 3 is 1.67 bits per heavy atom. The Bertz CT molecular complexity index is 2790. The van der Waals surface area contributed by atoms with Crippen LogP contribution in [0.2, 0.25) is 19.6 Å². The van der Waals surface area contributed by atoms with Crippen LogP contribution in [0.15, 0.2) is 171 Å². The molecule has 72 heavy (non-hydrogen) atoms. The Labute approximate surface area is 424 Å². The largest absolute Gasteiger partial charge is 0.457 e. The van der Waals surface area contributed by atoms with Crippen LogP contribution in [0.5, 0.6) is 0 Å². The number of fused-ring (bicyclic) bond motifs is 1. The zero-order valence-corrected chi connectivity index (χ0v) is 44.1. The lowest BCUT2D eigenvalue weighted by Crippen LogP contribution is -2.68. The van der Waals surface area contributed by atoms with Crippen LogP contribution in [0.3, 0.4) is 0 Å². The summed E-state index contributed by atoms with van der Waals surface area (Å²) in [7, 11) is -1.77. The predicted octanol–water partition coefficient (Wildman–Crippen LogP) is 8.53. The fraction of sp³-hybridized carbons (Fsp3) is 0.288. The van der Waals surface area contributed by atoms with Gasteiger partial charge in [0.2, 0.25) is 11.8 Å². The second-order valence-corrected chi connectivity index (χ2v) is 27.2. The first-order chi connectivity index (χ1) is 34.4. The van der Waals surface area contributed by atoms with Crippen LogP contribution in [0, 0.1) is 25.7 Å². The fourth-order valence-corrected chi connectivity index (χ4v) is 15.7. The molecule has 0 aromatic heterocycles. The van der Waals surface area contributed by atoms with Gasteiger partial charge < -0.3 is 28.8 Å². The van der Waals surface area contributed by atoms with Gasteiger partial charge in [-0.05, 0) is 80.8 Å². The van der Waals surface area contributed by atoms with Crippen LogP contribution in [0.25, 0.3) is 5.57 Å². The van der Waals surface area contributed by atoms with Gasteiger partial charge in [-0.25, -0.2) is 9.59 Å². The second kappa shape index (κ2) is 22.8. The molecule has 6 atom stereocenters. The minimum Gasteiger partial charge on any atom is -0.457 e. The van der Waals surface area contributed by atoms with Crippen molar-refractivity contribution >= 4 is 71.6 Å². The highest BCUT2D eigenvalue weighted by atomic mass is 31.2. The molecular weight excluding hydrogens is 940 g/mol. The molecule has 1 N–H and O–H groups in total. The van der Waals surface area contributed by atoms with Gasteiger partial charge in [-0.3, -0.25) is 14.4 Å². The first-order valence-electron chi connectivity index (χ1n) is 24.4. The van der Waals surface area contributed by atoms with Crippen molar-refractivity contribution in [2.75, 3.05) is 13.2 Å². The van der Waals surface area contributed by atoms with Crippen molar-refractivity contribution in [3.05, 3.63) is 193 Å². The Hall–Kier alpha value is -6.69. The van der Waals surface area contributed by atoms with E-state index in [1.807, 2.05) is 148 Å². The molecule has 11 nitrogen and oxygen atoms in total. The zero-order chi connectivity index (χ0) is 51.9. The van der Waals surface area contributed by atoms with Crippen LogP contribution in [-0.2, 0) is 33.1 Å². The van der Waals surface area contributed by atoms with Crippen molar-refractivity contribution in [3.63, 3.8) is 0 Å². The molecule has 3 aliphatic heterocycles. The number of ether oxygens (including phenoxy) is 2. The number of aliphatic hydroxyl groups is 1. The molecule has 3 heterocycles. The highest BCUT2D eigenvalue weighted by Gasteiger charge is 2.58. The van der Waals surface area contributed by atoms with E-state index in [9.17, 15) is 29.1 Å². The number of rotatable bonds is 18. The Morgan fingerprint density at radius 2 is 1.19 bits per heavy atom. The Morgan fingerprint density at radius 1 is 0.708 bits per heavy atom. The van der Waals surface area contributed by atoms with Crippen LogP contribution in [0.1, 0.15) is 53.7 Å². The van der Waals surface area contributed by atoms with E-state index in [0.717, 1.165) is 38.2 Å². The van der Waals surface area contributed by atoms with Crippen molar-refractivity contribution in [2.24, 2.45) is 11.8 Å². The molecule has 5 aromatic rings. The zero-order valence-electron chi connectivity index (χ0n) is 42.2. The van der Waals surface area contributed by atoms with E-state index in [-0.39, 0.29) is 54.8 Å². The number of carbonyl (C=O) groups excluding carboxylic acids is 5. The van der Waals surface area contributed by atoms with E-state index >= 15 is 0 Å². The second-order valence-electron chi connectivity index (χ2n) is 19.4. The number of aliphatic hydroxyl groups excluding tert-OH is 1. The molecule has 374 valence electrons. The number of esters is 2. The average Bonchev–Trinajstić information content (AvgIpc) is 3.70. The van der Waals surface area contributed by atoms with E-state index in [1.54, 1.807) is 24.0 Å². The van der Waals surface area contributed by atoms with Gasteiger partial charge in [-0.1, -0.05) is 176 Å². The number of hydrogen-bond acceptors (Lipinski definition) is 9. The van der Waals surface area contributed by atoms with Gasteiger partial charge in [-0.2, -0.15) is 0 Å². The maximum Gasteiger partial charge on any atom is 0.356 e. The molecule has 2 amide bonds. The summed E-state index contributed by atoms with van der Waals surface area (Å²) in [5, 5.41) is 13.3. The first kappa shape index (κ1) is 53.1. The van der Waals surface area contributed by atoms with Crippen molar-refractivity contribution in [1.82, 2.24) is 9.80 Å². The minimum absolute atomic E-state index is 0.0524. The lowest BCUT2D eigenvalue weighted by molar-refractivity contribution is -0.161. The number of benzene rings is 5. The maximum absolute atomic E-state index is 14.4. The number of aryl methyl sites for hydroxylation is 2. The molecule has 13 heteroatoms. The highest BCUT2D eigenvalue weighted by molar-refractivity contribution is 7.96. The van der Waals surface area contributed by atoms with Crippen LogP contribution in [-0.4, -0.2) is 95.7 Å². The highest BCUT2D eigenvalue weighted by Crippen LogP contribution is 2.51. The minimum atomic E-state index is -3.11. The molecule has 0 aliphatic carbocycles. The quantitative estimate of drug-likeness (QED) is 0.0229. The number of carbonyl (C=O) groups is 5. The third kappa shape index (κ3) is 10.9. The van der Waals surface area contributed by atoms with Gasteiger partial charge in [-0.15, -0.1) is 0 Å². The molecule has 0 radical (unpaired) electrons. The number of ketones is 1. The molecule has 0 bridgehead atoms. The summed E-state index contributed by atoms with van der Waals surface area (Å²) in [5.41, 5.74) is 5.04. The summed E-state index contributed by atoms with van der Waals surface area (Å²) in [6, 6.07) is 43.5. The van der Waals surface area contributed by atoms with Crippen molar-refractivity contribution in [3.8, 4) is 0 Å². The number of nitrogens with zero attached hydrogens (tertiary/aromatic N) is 2. The maximum atomic E-state index is 14.4. The number of amides is 2. The van der Waals surface area contributed by atoms with Crippen molar-refractivity contribution in [2.45, 2.75) is 84.5 Å². The molecule has 0 saturated carbocycles. The SMILES string of the molecule is C=CCOC(=O)C(N1C(=O)[C@H]([C@@H](C)O)[C@H]1CC(=O)c1ccc(C)cc1)=P(c1ccccc1)(c1ccccc1)c1ccccc1.C=CCOC(=O)C1=C(c2ccc(C)cc2)C[C@@H]2[C@@H]([C@@H](C)O[Si](C)(C)C)C(=O)N12. The first-order valence-corrected chi connectivity index (χ1v) is 29.6. The van der Waals surface area contributed by atoms with Crippen molar-refractivity contribution in [1.29, 1.82) is 0 Å². The molecule has 2 fully saturated rings. The van der Waals surface area contributed by atoms with Crippen LogP contribution < -0.4 is 15.9 Å². The molecule has 0 unspecified atom stereocenters. The van der Waals surface area contributed by atoms with E-state index in [4.69, 9.17) is 13.9 Å². The smallest absolute Gasteiger partial charge is 0.356 e. The molecule has 8 rings (SSSR count). The third-order valence-corrected chi connectivity index (χ3v) is 18.6. The summed E-state index contributed by atoms with van der Waals surface area (Å²) in [6.45, 7) is 18.1. The summed E-state index contributed by atoms with van der Waals surface area (Å²) < 4.78 is 17.2. The van der Waals surface area contributed by atoms with Gasteiger partial charge in [0.1, 0.15) is 24.3 Å². The summed E-state index contributed by atoms with van der Waals surface area (Å²) in [6.07, 6.45) is 2.39. The standard InChI is InChI=1S/C37H36NO5P.C22H29NO4Si/c1-4-24-43-37(42)36(38-32(34(27(3)39)35(38)41)25-33(40)28-22-20-26(2)21-23-28)44(29-14-8-5-9-15-29,30-16-10-6-11-17-30)31-18-12-7-13-19-31;1-7-12-26-22(25)20-17(16-10-8-14(2)9-11-16)13-18-19(21(24)23(18)20)15(3)27-28(4,5)6/h4-23,27,32,34,39H,1,24-25H2,2-3H3;7-11,15,18-19H,1,12-13H2,2-6H3/t27-,32-,34-;15-,18-,19-/m11/s1. The summed E-state index contributed by atoms with van der Waals surface area (Å²) >= 11 is 0. The number of likely N-dealkylation sites (tertiary alicyclic amines) is 1. The molecule has 5 aromatic carbocycles. The predicted molar refractivity (Wildman–Crippen MR) is 289 cm³/mol. The normalized spacial score (nSPS) is 19.1. The fourth-order valence-electron chi connectivity index (χ4n) is 10.1. The third-order valence-electron chi connectivity index (χ3n) is 13.2. The number of β-lactam (4-membered cyclic amide) rings is 2. The van der Waals surface area contributed by atoms with Gasteiger partial charge in [0.25, 0.3) is 0 Å². The van der Waals surface area contributed by atoms with E-state index in [0.29, 0.717) is 17.7 Å². The lowest BCUT2D eigenvalue weighted by Gasteiger charge is -2.50. The topological polar surface area (TPSA) is 140 Å². The average molecular weight is 1010 g/mol. The van der Waals surface area contributed by atoms with Gasteiger partial charge in [0, 0.05) is 18.9 Å². The summed E-state index contributed by atoms with van der Waals surface area (Å²) in [5.74, 6) is -2.88. The molecular formula is C59H65N2O9PSi. The molecule has 0 spiro atoms. The molecule has 3 aliphatic rings. The lowest BCUT2D eigenvalue weighted by atomic mass is 9.79. The van der Waals surface area contributed by atoms with Gasteiger partial charge in [0.15, 0.2) is 14.1 Å².